The predicted molar refractivity (Wildman–Crippen MR) is 75.3 cm³/mol. The molecule has 4 heteroatoms. The van der Waals surface area contributed by atoms with E-state index in [4.69, 9.17) is 10.5 Å². The van der Waals surface area contributed by atoms with Gasteiger partial charge in [-0.3, -0.25) is 0 Å². The smallest absolute Gasteiger partial charge is 0.0938 e. The lowest BCUT2D eigenvalue weighted by molar-refractivity contribution is -0.123. The second-order valence-electron chi connectivity index (χ2n) is 5.18. The number of benzene rings is 1. The maximum Gasteiger partial charge on any atom is 0.0938 e. The summed E-state index contributed by atoms with van der Waals surface area (Å²) in [6.45, 7) is 3.68. The van der Waals surface area contributed by atoms with Crippen molar-refractivity contribution in [2.45, 2.75) is 25.4 Å². The molecular weight excluding hydrogens is 294 g/mol. The minimum Gasteiger partial charge on any atom is -0.385 e. The Bertz CT molecular complexity index is 397. The minimum atomic E-state index is -0.924. The lowest BCUT2D eigenvalue weighted by atomic mass is 9.65. The molecule has 0 spiro atoms. The first-order valence-corrected chi connectivity index (χ1v) is 7.07. The largest absolute Gasteiger partial charge is 0.385 e. The molecule has 1 saturated heterocycles. The Balaban J connectivity index is 2.35. The molecule has 0 amide bonds. The van der Waals surface area contributed by atoms with Gasteiger partial charge in [-0.2, -0.15) is 0 Å². The van der Waals surface area contributed by atoms with Crippen molar-refractivity contribution in [2.75, 3.05) is 19.8 Å². The van der Waals surface area contributed by atoms with Crippen LogP contribution in [0.25, 0.3) is 0 Å². The lowest BCUT2D eigenvalue weighted by Gasteiger charge is -2.47. The molecule has 0 aliphatic carbocycles. The molecule has 0 aromatic heterocycles. The molecule has 1 atom stereocenters. The summed E-state index contributed by atoms with van der Waals surface area (Å²) in [5, 5.41) is 11.0. The highest BCUT2D eigenvalue weighted by Gasteiger charge is 2.47. The molecule has 1 unspecified atom stereocenters. The van der Waals surface area contributed by atoms with Crippen LogP contribution in [0.2, 0.25) is 0 Å². The summed E-state index contributed by atoms with van der Waals surface area (Å²) in [4.78, 5) is 0. The molecule has 1 aromatic carbocycles. The number of nitrogens with two attached hydrogens (primary N) is 1. The van der Waals surface area contributed by atoms with Gasteiger partial charge >= 0.3 is 0 Å². The first kappa shape index (κ1) is 14.0. The molecule has 1 aromatic rings. The topological polar surface area (TPSA) is 55.5 Å². The van der Waals surface area contributed by atoms with Gasteiger partial charge in [-0.05, 0) is 37.5 Å². The van der Waals surface area contributed by atoms with E-state index in [2.05, 4.69) is 15.9 Å². The van der Waals surface area contributed by atoms with E-state index in [1.807, 2.05) is 31.2 Å². The Hall–Kier alpha value is -0.420. The highest BCUT2D eigenvalue weighted by molar-refractivity contribution is 9.10. The fourth-order valence-electron chi connectivity index (χ4n) is 2.73. The van der Waals surface area contributed by atoms with Gasteiger partial charge in [0.15, 0.2) is 0 Å². The maximum atomic E-state index is 11.0. The number of hydrogen-bond donors (Lipinski definition) is 2. The third kappa shape index (κ3) is 2.35. The van der Waals surface area contributed by atoms with Gasteiger partial charge in [-0.25, -0.2) is 0 Å². The first-order chi connectivity index (χ1) is 8.52. The van der Waals surface area contributed by atoms with E-state index in [0.717, 1.165) is 22.9 Å². The molecular formula is C14H20BrNO2. The van der Waals surface area contributed by atoms with E-state index in [1.54, 1.807) is 0 Å². The van der Waals surface area contributed by atoms with Crippen LogP contribution in [0.15, 0.2) is 28.7 Å². The normalized spacial score (nSPS) is 22.4. The van der Waals surface area contributed by atoms with Gasteiger partial charge in [0, 0.05) is 29.6 Å². The Kier molecular flexibility index (Phi) is 4.11. The van der Waals surface area contributed by atoms with Crippen LogP contribution in [-0.2, 0) is 10.3 Å². The Labute approximate surface area is 116 Å². The van der Waals surface area contributed by atoms with Crippen molar-refractivity contribution >= 4 is 15.9 Å². The van der Waals surface area contributed by atoms with E-state index < -0.39 is 5.60 Å². The standard InChI is InChI=1S/C14H20BrNO2/c1-13(17,11-2-4-12(15)5-3-11)14(10-16)6-8-18-9-7-14/h2-5,17H,6-10,16H2,1H3. The number of aliphatic hydroxyl groups is 1. The second kappa shape index (κ2) is 5.29. The van der Waals surface area contributed by atoms with Crippen molar-refractivity contribution in [3.63, 3.8) is 0 Å². The van der Waals surface area contributed by atoms with Gasteiger partial charge in [0.25, 0.3) is 0 Å². The van der Waals surface area contributed by atoms with Gasteiger partial charge in [0.05, 0.1) is 5.60 Å². The Morgan fingerprint density at radius 1 is 1.33 bits per heavy atom. The third-order valence-corrected chi connectivity index (χ3v) is 4.81. The van der Waals surface area contributed by atoms with Crippen molar-refractivity contribution in [3.05, 3.63) is 34.3 Å². The fraction of sp³-hybridized carbons (Fsp3) is 0.571. The zero-order valence-electron chi connectivity index (χ0n) is 10.7. The number of rotatable bonds is 3. The van der Waals surface area contributed by atoms with Gasteiger partial charge in [0.2, 0.25) is 0 Å². The molecule has 100 valence electrons. The van der Waals surface area contributed by atoms with E-state index in [0.29, 0.717) is 19.8 Å². The fourth-order valence-corrected chi connectivity index (χ4v) is 3.00. The van der Waals surface area contributed by atoms with Gasteiger partial charge in [-0.15, -0.1) is 0 Å². The maximum absolute atomic E-state index is 11.0. The van der Waals surface area contributed by atoms with Crippen LogP contribution in [-0.4, -0.2) is 24.9 Å². The van der Waals surface area contributed by atoms with E-state index in [-0.39, 0.29) is 5.41 Å². The van der Waals surface area contributed by atoms with Gasteiger partial charge in [0.1, 0.15) is 0 Å². The average Bonchev–Trinajstić information content (AvgIpc) is 2.40. The molecule has 3 N–H and O–H groups in total. The van der Waals surface area contributed by atoms with Crippen LogP contribution in [0.4, 0.5) is 0 Å². The quantitative estimate of drug-likeness (QED) is 0.901. The summed E-state index contributed by atoms with van der Waals surface area (Å²) in [5.74, 6) is 0. The zero-order chi connectivity index (χ0) is 13.2. The van der Waals surface area contributed by atoms with Crippen LogP contribution in [0.1, 0.15) is 25.3 Å². The van der Waals surface area contributed by atoms with E-state index >= 15 is 0 Å². The molecule has 1 aliphatic heterocycles. The van der Waals surface area contributed by atoms with Gasteiger partial charge < -0.3 is 15.6 Å². The molecule has 0 saturated carbocycles. The van der Waals surface area contributed by atoms with Crippen molar-refractivity contribution in [2.24, 2.45) is 11.1 Å². The minimum absolute atomic E-state index is 0.293. The van der Waals surface area contributed by atoms with Crippen LogP contribution < -0.4 is 5.73 Å². The predicted octanol–water partition coefficient (Wildman–Crippen LogP) is 2.41. The molecule has 1 fully saturated rings. The number of hydrogen-bond acceptors (Lipinski definition) is 3. The molecule has 3 nitrogen and oxygen atoms in total. The molecule has 2 rings (SSSR count). The van der Waals surface area contributed by atoms with Gasteiger partial charge in [-0.1, -0.05) is 28.1 Å². The van der Waals surface area contributed by atoms with E-state index in [1.165, 1.54) is 0 Å². The summed E-state index contributed by atoms with van der Waals surface area (Å²) in [6.07, 6.45) is 1.60. The summed E-state index contributed by atoms with van der Waals surface area (Å²) in [7, 11) is 0. The molecule has 0 bridgehead atoms. The lowest BCUT2D eigenvalue weighted by Crippen LogP contribution is -2.51. The summed E-state index contributed by atoms with van der Waals surface area (Å²) in [6, 6.07) is 7.81. The van der Waals surface area contributed by atoms with Crippen molar-refractivity contribution in [1.29, 1.82) is 0 Å². The molecule has 1 aliphatic rings. The molecule has 18 heavy (non-hydrogen) atoms. The second-order valence-corrected chi connectivity index (χ2v) is 6.09. The highest BCUT2D eigenvalue weighted by atomic mass is 79.9. The number of halogens is 1. The van der Waals surface area contributed by atoms with Crippen LogP contribution in [0.3, 0.4) is 0 Å². The Morgan fingerprint density at radius 2 is 1.89 bits per heavy atom. The zero-order valence-corrected chi connectivity index (χ0v) is 12.2. The third-order valence-electron chi connectivity index (χ3n) is 4.28. The molecule has 0 radical (unpaired) electrons. The van der Waals surface area contributed by atoms with Crippen molar-refractivity contribution < 1.29 is 9.84 Å². The van der Waals surface area contributed by atoms with Crippen LogP contribution in [0, 0.1) is 5.41 Å². The van der Waals surface area contributed by atoms with Crippen LogP contribution in [0.5, 0.6) is 0 Å². The van der Waals surface area contributed by atoms with Crippen LogP contribution >= 0.6 is 15.9 Å². The highest BCUT2D eigenvalue weighted by Crippen LogP contribution is 2.46. The van der Waals surface area contributed by atoms with Crippen molar-refractivity contribution in [1.82, 2.24) is 0 Å². The average molecular weight is 314 g/mol. The first-order valence-electron chi connectivity index (χ1n) is 6.28. The van der Waals surface area contributed by atoms with Crippen molar-refractivity contribution in [3.8, 4) is 0 Å². The molecule has 1 heterocycles. The number of ether oxygens (including phenoxy) is 1. The monoisotopic (exact) mass is 313 g/mol. The Morgan fingerprint density at radius 3 is 2.39 bits per heavy atom. The summed E-state index contributed by atoms with van der Waals surface area (Å²) in [5.41, 5.74) is 5.66. The van der Waals surface area contributed by atoms with E-state index in [9.17, 15) is 5.11 Å². The summed E-state index contributed by atoms with van der Waals surface area (Å²) >= 11 is 3.41. The SMILES string of the molecule is CC(O)(c1ccc(Br)cc1)C1(CN)CCOCC1. The summed E-state index contributed by atoms with van der Waals surface area (Å²) < 4.78 is 6.41.